The number of carboxylic acid groups (broad SMARTS) is 2. The molecule has 1 aromatic heterocycles. The quantitative estimate of drug-likeness (QED) is 0.0260. The van der Waals surface area contributed by atoms with Crippen LogP contribution in [0.4, 0.5) is 4.79 Å². The van der Waals surface area contributed by atoms with Crippen molar-refractivity contribution in [1.82, 2.24) is 41.5 Å². The van der Waals surface area contributed by atoms with Crippen LogP contribution >= 0.6 is 0 Å². The van der Waals surface area contributed by atoms with E-state index in [4.69, 9.17) is 35.2 Å². The molecule has 3 aliphatic heterocycles. The smallest absolute Gasteiger partial charge is 0.330 e. The van der Waals surface area contributed by atoms with Gasteiger partial charge in [0.1, 0.15) is 73.0 Å². The van der Waals surface area contributed by atoms with Crippen LogP contribution < -0.4 is 54.6 Å². The van der Waals surface area contributed by atoms with Gasteiger partial charge >= 0.3 is 29.6 Å². The van der Waals surface area contributed by atoms with Crippen LogP contribution in [0.15, 0.2) is 26.8 Å². The van der Waals surface area contributed by atoms with Crippen molar-refractivity contribution in [3.05, 3.63) is 33.1 Å². The summed E-state index contributed by atoms with van der Waals surface area (Å²) in [6.45, 7) is 10.2. The van der Waals surface area contributed by atoms with Crippen molar-refractivity contribution in [3.8, 4) is 0 Å². The van der Waals surface area contributed by atoms with Crippen molar-refractivity contribution in [2.24, 2.45) is 34.2 Å². The number of aliphatic carboxylic acids is 2. The minimum atomic E-state index is -1.93. The highest BCUT2D eigenvalue weighted by molar-refractivity contribution is 5.94. The zero-order valence-electron chi connectivity index (χ0n) is 43.9. The molecule has 2 saturated heterocycles. The first kappa shape index (κ1) is 62.7. The fraction of sp³-hybridized carbons (Fsp3) is 0.766. The average Bonchev–Trinajstić information content (AvgIpc) is 3.82. The van der Waals surface area contributed by atoms with Crippen LogP contribution in [0, 0.1) is 17.8 Å². The highest BCUT2D eigenvalue weighted by Crippen LogP contribution is 2.35. The Labute approximate surface area is 438 Å². The number of methoxy groups -OCH3 is 1. The SMILES string of the molecule is COC1C(OC(C(NCCCNC(=O)C(NC(=O)C(NC(=O)NC(C(=O)O)C(C)C)C2CCN=C(N)N2)C(OC(=O)CCCCCC(C)C)C(C)C)C(=O)O)C2OC(n3ccc(=O)[nH]c3=O)C(O)C2O)OC(CN)C1O. The highest BCUT2D eigenvalue weighted by Gasteiger charge is 2.54. The first-order valence-corrected chi connectivity index (χ1v) is 25.5. The molecule has 15 atom stereocenters. The molecule has 430 valence electrons. The maximum absolute atomic E-state index is 14.4. The lowest BCUT2D eigenvalue weighted by Crippen LogP contribution is -2.66. The maximum Gasteiger partial charge on any atom is 0.330 e. The van der Waals surface area contributed by atoms with Crippen molar-refractivity contribution < 1.29 is 78.0 Å². The number of nitrogens with two attached hydrogens (primary N) is 2. The Balaban J connectivity index is 1.59. The van der Waals surface area contributed by atoms with Gasteiger partial charge in [-0.05, 0) is 43.6 Å². The number of carboxylic acids is 2. The predicted octanol–water partition coefficient (Wildman–Crippen LogP) is -3.74. The number of aliphatic hydroxyl groups excluding tert-OH is 3. The number of aliphatic hydroxyl groups is 3. The number of rotatable bonds is 30. The van der Waals surface area contributed by atoms with Gasteiger partial charge in [0.25, 0.3) is 5.56 Å². The molecule has 0 spiro atoms. The van der Waals surface area contributed by atoms with Crippen LogP contribution in [0.3, 0.4) is 0 Å². The zero-order chi connectivity index (χ0) is 56.6. The topological polar surface area (TPSA) is 441 Å². The van der Waals surface area contributed by atoms with E-state index in [0.29, 0.717) is 12.3 Å². The minimum Gasteiger partial charge on any atom is -0.480 e. The van der Waals surface area contributed by atoms with E-state index in [2.05, 4.69) is 50.7 Å². The zero-order valence-corrected chi connectivity index (χ0v) is 43.9. The van der Waals surface area contributed by atoms with E-state index < -0.39 is 150 Å². The monoisotopic (exact) mass is 1090 g/mol. The van der Waals surface area contributed by atoms with Gasteiger partial charge in [-0.3, -0.25) is 38.5 Å². The van der Waals surface area contributed by atoms with Crippen molar-refractivity contribution in [2.45, 2.75) is 178 Å². The third-order valence-electron chi connectivity index (χ3n) is 13.2. The van der Waals surface area contributed by atoms with Crippen LogP contribution in [0.2, 0.25) is 0 Å². The summed E-state index contributed by atoms with van der Waals surface area (Å²) in [6.07, 6.45) is -11.2. The van der Waals surface area contributed by atoms with E-state index >= 15 is 0 Å². The molecule has 29 nitrogen and oxygen atoms in total. The molecule has 0 saturated carbocycles. The number of H-pyrrole nitrogens is 1. The number of esters is 1. The molecule has 2 fully saturated rings. The van der Waals surface area contributed by atoms with E-state index in [-0.39, 0.29) is 51.4 Å². The van der Waals surface area contributed by atoms with E-state index in [1.807, 2.05) is 4.98 Å². The Kier molecular flexibility index (Phi) is 24.5. The van der Waals surface area contributed by atoms with Crippen molar-refractivity contribution >= 4 is 41.7 Å². The van der Waals surface area contributed by atoms with Gasteiger partial charge in [0.05, 0.1) is 6.04 Å². The molecule has 16 N–H and O–H groups in total. The number of nitrogens with one attached hydrogen (secondary N) is 7. The van der Waals surface area contributed by atoms with Crippen molar-refractivity contribution in [2.75, 3.05) is 33.3 Å². The van der Waals surface area contributed by atoms with Gasteiger partial charge in [-0.1, -0.05) is 60.8 Å². The van der Waals surface area contributed by atoms with Gasteiger partial charge in [-0.25, -0.2) is 14.4 Å². The summed E-state index contributed by atoms with van der Waals surface area (Å²) in [5, 5.41) is 69.5. The summed E-state index contributed by atoms with van der Waals surface area (Å²) >= 11 is 0. The lowest BCUT2D eigenvalue weighted by atomic mass is 9.96. The number of amides is 4. The normalized spacial score (nSPS) is 25.9. The molecule has 0 aromatic carbocycles. The Morgan fingerprint density at radius 2 is 1.55 bits per heavy atom. The standard InChI is InChI=1S/C47H79N11O18/c1-21(2)12-9-8-10-13-27(60)74-35(23(5)6)30(55-40(65)29(24-14-18-52-45(49)53-24)57-46(70)56-28(22(3)4)42(66)67)39(64)51-17-11-16-50-31(43(68)69)36(76-44-38(72-7)32(61)25(20-48)73-44)37-33(62)34(63)41(75-37)58-19-15-26(59)54-47(58)71/h15,19,21-25,28-38,41,44,50,61-63H,8-14,16-18,20,48H2,1-7H3,(H,51,64)(H,55,65)(H,66,67)(H,68,69)(H3,49,52,53)(H,54,59,71)(H2,56,57,70). The van der Waals surface area contributed by atoms with E-state index in [9.17, 15) is 63.9 Å². The number of carbonyl (C=O) groups is 6. The number of aliphatic imine (C=N–C) groups is 1. The van der Waals surface area contributed by atoms with Crippen LogP contribution in [0.5, 0.6) is 0 Å². The number of guanidine groups is 1. The molecule has 4 heterocycles. The lowest BCUT2D eigenvalue weighted by molar-refractivity contribution is -0.231. The average molecular weight is 1090 g/mol. The van der Waals surface area contributed by atoms with Gasteiger partial charge < -0.3 is 92.6 Å². The number of carbonyl (C=O) groups excluding carboxylic acids is 4. The number of ether oxygens (including phenoxy) is 5. The molecule has 4 amide bonds. The minimum absolute atomic E-state index is 0.0155. The molecule has 1 aromatic rings. The summed E-state index contributed by atoms with van der Waals surface area (Å²) in [4.78, 5) is 111. The number of aromatic nitrogens is 2. The van der Waals surface area contributed by atoms with Crippen molar-refractivity contribution in [3.63, 3.8) is 0 Å². The molecule has 15 unspecified atom stereocenters. The fourth-order valence-corrected chi connectivity index (χ4v) is 8.99. The number of hydrogen-bond donors (Lipinski definition) is 14. The Bertz CT molecular complexity index is 2250. The molecular weight excluding hydrogens is 1010 g/mol. The van der Waals surface area contributed by atoms with Crippen molar-refractivity contribution in [1.29, 1.82) is 0 Å². The Morgan fingerprint density at radius 3 is 2.14 bits per heavy atom. The number of unbranched alkanes of at least 4 members (excludes halogenated alkanes) is 2. The van der Waals surface area contributed by atoms with Crippen LogP contribution in [-0.4, -0.2) is 195 Å². The molecular formula is C47H79N11O18. The van der Waals surface area contributed by atoms with E-state index in [0.717, 1.165) is 36.1 Å². The maximum atomic E-state index is 14.4. The third kappa shape index (κ3) is 17.4. The summed E-state index contributed by atoms with van der Waals surface area (Å²) in [5.74, 6) is -6.04. The molecule has 76 heavy (non-hydrogen) atoms. The van der Waals surface area contributed by atoms with Gasteiger partial charge in [0.15, 0.2) is 18.5 Å². The van der Waals surface area contributed by atoms with E-state index in [1.54, 1.807) is 27.7 Å². The second kappa shape index (κ2) is 29.7. The van der Waals surface area contributed by atoms with Gasteiger partial charge in [0.2, 0.25) is 11.8 Å². The third-order valence-corrected chi connectivity index (χ3v) is 13.2. The number of aromatic amines is 1. The summed E-state index contributed by atoms with van der Waals surface area (Å²) in [6, 6.07) is -7.25. The molecule has 3 aliphatic rings. The van der Waals surface area contributed by atoms with Crippen LogP contribution in [0.25, 0.3) is 0 Å². The first-order chi connectivity index (χ1) is 35.9. The highest BCUT2D eigenvalue weighted by atomic mass is 16.7. The van der Waals surface area contributed by atoms with Gasteiger partial charge in [0, 0.05) is 45.4 Å². The van der Waals surface area contributed by atoms with Crippen LogP contribution in [-0.2, 0) is 47.7 Å². The lowest BCUT2D eigenvalue weighted by Gasteiger charge is -2.34. The van der Waals surface area contributed by atoms with Gasteiger partial charge in [-0.15, -0.1) is 0 Å². The summed E-state index contributed by atoms with van der Waals surface area (Å²) in [5.41, 5.74) is 9.95. The Hall–Kier alpha value is -5.79. The Morgan fingerprint density at radius 1 is 0.855 bits per heavy atom. The van der Waals surface area contributed by atoms with E-state index in [1.165, 1.54) is 7.11 Å². The second-order valence-corrected chi connectivity index (χ2v) is 20.1. The largest absolute Gasteiger partial charge is 0.480 e. The number of hydrogen-bond acceptors (Lipinski definition) is 21. The predicted molar refractivity (Wildman–Crippen MR) is 268 cm³/mol. The molecule has 0 radical (unpaired) electrons. The fourth-order valence-electron chi connectivity index (χ4n) is 8.99. The van der Waals surface area contributed by atoms with Crippen LogP contribution in [0.1, 0.15) is 92.7 Å². The molecule has 0 aliphatic carbocycles. The molecule has 0 bridgehead atoms. The summed E-state index contributed by atoms with van der Waals surface area (Å²) in [7, 11) is 1.23. The molecule has 29 heteroatoms. The van der Waals surface area contributed by atoms with Gasteiger partial charge in [-0.2, -0.15) is 0 Å². The first-order valence-electron chi connectivity index (χ1n) is 25.5. The summed E-state index contributed by atoms with van der Waals surface area (Å²) < 4.78 is 29.9. The molecule has 4 rings (SSSR count). The number of urea groups is 1. The number of nitrogens with zero attached hydrogens (tertiary/aromatic N) is 2. The second-order valence-electron chi connectivity index (χ2n) is 20.1.